The summed E-state index contributed by atoms with van der Waals surface area (Å²) < 4.78 is 12.5. The lowest BCUT2D eigenvalue weighted by molar-refractivity contribution is -0.139. The van der Waals surface area contributed by atoms with Gasteiger partial charge in [-0.3, -0.25) is 14.5 Å². The average Bonchev–Trinajstić information content (AvgIpc) is 3.27. The predicted octanol–water partition coefficient (Wildman–Crippen LogP) is 5.39. The van der Waals surface area contributed by atoms with Crippen molar-refractivity contribution in [3.63, 3.8) is 0 Å². The van der Waals surface area contributed by atoms with Crippen molar-refractivity contribution in [1.29, 1.82) is 0 Å². The highest BCUT2D eigenvalue weighted by molar-refractivity contribution is 14.1. The zero-order valence-electron chi connectivity index (χ0n) is 21.1. The van der Waals surface area contributed by atoms with Gasteiger partial charge in [-0.1, -0.05) is 19.4 Å². The number of carboxylic acids is 1. The lowest BCUT2D eigenvalue weighted by Gasteiger charge is -2.29. The molecule has 4 N–H and O–H groups in total. The molecule has 1 heterocycles. The fourth-order valence-corrected chi connectivity index (χ4v) is 6.45. The quantitative estimate of drug-likeness (QED) is 0.183. The summed E-state index contributed by atoms with van der Waals surface area (Å²) in [5.41, 5.74) is 6.40. The van der Waals surface area contributed by atoms with Crippen LogP contribution < -0.4 is 15.4 Å². The lowest BCUT2D eigenvalue weighted by atomic mass is 9.89. The number of unbranched alkanes of at least 4 members (excludes halogenated alkanes) is 1. The first kappa shape index (κ1) is 29.6. The molecule has 4 rings (SSSR count). The Morgan fingerprint density at radius 3 is 2.35 bits per heavy atom. The van der Waals surface area contributed by atoms with E-state index in [0.29, 0.717) is 37.2 Å². The number of aliphatic carboxylic acids is 1. The number of phenols is 1. The summed E-state index contributed by atoms with van der Waals surface area (Å²) in [5, 5.41) is 18.6. The van der Waals surface area contributed by atoms with E-state index in [4.69, 9.17) is 20.0 Å². The highest BCUT2D eigenvalue weighted by atomic mass is 127. The molecular weight excluding hydrogens is 746 g/mol. The number of halogens is 2. The van der Waals surface area contributed by atoms with Crippen LogP contribution in [0, 0.1) is 7.14 Å². The van der Waals surface area contributed by atoms with Gasteiger partial charge in [0.05, 0.1) is 18.3 Å². The maximum Gasteiger partial charge on any atom is 0.341 e. The SMILES string of the molecule is CCCCc1oc2c(c1C(=O)c1cc(I)c(OCC(=O)O)c(I)c1)C(=O)C(N(C(N)=O)c1ccc(O)cc1)C=C2. The molecule has 0 fully saturated rings. The van der Waals surface area contributed by atoms with Crippen LogP contribution in [-0.2, 0) is 11.2 Å². The van der Waals surface area contributed by atoms with Gasteiger partial charge in [0.2, 0.25) is 0 Å². The summed E-state index contributed by atoms with van der Waals surface area (Å²) in [4.78, 5) is 52.5. The molecule has 0 saturated carbocycles. The Labute approximate surface area is 256 Å². The second kappa shape index (κ2) is 12.4. The van der Waals surface area contributed by atoms with E-state index < -0.39 is 36.2 Å². The maximum absolute atomic E-state index is 14.0. The number of aryl methyl sites for hydroxylation is 1. The molecule has 1 aromatic heterocycles. The van der Waals surface area contributed by atoms with Gasteiger partial charge in [-0.25, -0.2) is 9.59 Å². The number of ether oxygens (including phenoxy) is 1. The van der Waals surface area contributed by atoms with Gasteiger partial charge in [-0.2, -0.15) is 0 Å². The van der Waals surface area contributed by atoms with E-state index in [9.17, 15) is 24.3 Å². The number of carbonyl (C=O) groups is 4. The van der Waals surface area contributed by atoms with Gasteiger partial charge in [0.1, 0.15) is 29.1 Å². The molecule has 0 radical (unpaired) electrons. The molecule has 2 amide bonds. The molecule has 40 heavy (non-hydrogen) atoms. The van der Waals surface area contributed by atoms with E-state index in [1.807, 2.05) is 52.1 Å². The third-order valence-electron chi connectivity index (χ3n) is 6.18. The van der Waals surface area contributed by atoms with Gasteiger partial charge in [0.15, 0.2) is 18.2 Å². The third kappa shape index (κ3) is 6.01. The first-order chi connectivity index (χ1) is 19.0. The normalized spacial score (nSPS) is 14.1. The number of rotatable bonds is 10. The predicted molar refractivity (Wildman–Crippen MR) is 163 cm³/mol. The van der Waals surface area contributed by atoms with Crippen LogP contribution in [0.5, 0.6) is 11.5 Å². The number of ketones is 2. The number of Topliss-reactive ketones (excluding diaryl/α,β-unsaturated/α-hetero) is 1. The molecule has 0 bridgehead atoms. The summed E-state index contributed by atoms with van der Waals surface area (Å²) in [6.07, 6.45) is 5.01. The second-order valence-electron chi connectivity index (χ2n) is 8.92. The fourth-order valence-electron chi connectivity index (χ4n) is 4.38. The minimum absolute atomic E-state index is 0.0205. The zero-order valence-corrected chi connectivity index (χ0v) is 25.5. The van der Waals surface area contributed by atoms with E-state index in [0.717, 1.165) is 11.3 Å². The van der Waals surface area contributed by atoms with Crippen LogP contribution in [0.4, 0.5) is 10.5 Å². The molecule has 10 nitrogen and oxygen atoms in total. The van der Waals surface area contributed by atoms with Gasteiger partial charge < -0.3 is 25.1 Å². The summed E-state index contributed by atoms with van der Waals surface area (Å²) in [7, 11) is 0. The number of phenolic OH excluding ortho intramolecular Hbond substituents is 1. The summed E-state index contributed by atoms with van der Waals surface area (Å²) in [6.45, 7) is 1.46. The van der Waals surface area contributed by atoms with Crippen molar-refractivity contribution in [2.75, 3.05) is 11.5 Å². The largest absolute Gasteiger partial charge is 0.508 e. The minimum atomic E-state index is -1.15. The molecule has 1 atom stereocenters. The molecule has 208 valence electrons. The summed E-state index contributed by atoms with van der Waals surface area (Å²) in [5.74, 6) is -1.22. The molecule has 0 saturated heterocycles. The van der Waals surface area contributed by atoms with Crippen molar-refractivity contribution in [3.8, 4) is 11.5 Å². The molecular formula is C28H24I2N2O8. The smallest absolute Gasteiger partial charge is 0.341 e. The van der Waals surface area contributed by atoms with Crippen LogP contribution in [0.2, 0.25) is 0 Å². The van der Waals surface area contributed by atoms with Gasteiger partial charge >= 0.3 is 12.0 Å². The second-order valence-corrected chi connectivity index (χ2v) is 11.2. The topological polar surface area (TPSA) is 160 Å². The Morgan fingerprint density at radius 2 is 1.77 bits per heavy atom. The van der Waals surface area contributed by atoms with Crippen LogP contribution in [0.15, 0.2) is 46.9 Å². The Kier molecular flexibility index (Phi) is 9.18. The van der Waals surface area contributed by atoms with Crippen molar-refractivity contribution >= 4 is 80.5 Å². The van der Waals surface area contributed by atoms with Crippen molar-refractivity contribution in [3.05, 3.63) is 77.8 Å². The van der Waals surface area contributed by atoms with E-state index in [-0.39, 0.29) is 28.2 Å². The number of benzene rings is 2. The van der Waals surface area contributed by atoms with Crippen LogP contribution in [0.1, 0.15) is 57.6 Å². The van der Waals surface area contributed by atoms with E-state index in [1.54, 1.807) is 18.2 Å². The maximum atomic E-state index is 14.0. The van der Waals surface area contributed by atoms with Crippen LogP contribution in [0.25, 0.3) is 6.08 Å². The molecule has 1 aliphatic carbocycles. The summed E-state index contributed by atoms with van der Waals surface area (Å²) >= 11 is 3.93. The van der Waals surface area contributed by atoms with E-state index in [2.05, 4.69) is 0 Å². The Bertz CT molecular complexity index is 1500. The number of primary amides is 1. The highest BCUT2D eigenvalue weighted by Crippen LogP contribution is 2.36. The Balaban J connectivity index is 1.79. The number of amides is 2. The van der Waals surface area contributed by atoms with E-state index >= 15 is 0 Å². The van der Waals surface area contributed by atoms with Crippen molar-refractivity contribution < 1.29 is 38.5 Å². The average molecular weight is 770 g/mol. The number of aromatic hydroxyl groups is 1. The van der Waals surface area contributed by atoms with Crippen molar-refractivity contribution in [1.82, 2.24) is 0 Å². The zero-order chi connectivity index (χ0) is 29.1. The first-order valence-corrected chi connectivity index (χ1v) is 14.3. The Hall–Kier alpha value is -3.40. The first-order valence-electron chi connectivity index (χ1n) is 12.2. The third-order valence-corrected chi connectivity index (χ3v) is 7.78. The van der Waals surface area contributed by atoms with Crippen LogP contribution >= 0.6 is 45.2 Å². The molecule has 0 aliphatic heterocycles. The van der Waals surface area contributed by atoms with Gasteiger partial charge in [0.25, 0.3) is 0 Å². The van der Waals surface area contributed by atoms with Crippen molar-refractivity contribution in [2.45, 2.75) is 32.2 Å². The number of nitrogens with zero attached hydrogens (tertiary/aromatic N) is 1. The number of furan rings is 1. The standard InChI is InChI=1S/C28H24I2N2O8/c1-2-3-4-20-23(25(36)14-11-17(29)27(18(30)12-14)39-13-22(34)35)24-21(40-20)10-9-19(26(24)37)32(28(31)38)15-5-7-16(33)8-6-15/h5-12,19,33H,2-4,13H2,1H3,(H2,31,38)(H,34,35). The fraction of sp³-hybridized carbons (Fsp3) is 0.214. The van der Waals surface area contributed by atoms with Gasteiger partial charge in [-0.15, -0.1) is 0 Å². The number of fused-ring (bicyclic) bond motifs is 1. The van der Waals surface area contributed by atoms with Crippen LogP contribution in [0.3, 0.4) is 0 Å². The molecule has 3 aromatic rings. The van der Waals surface area contributed by atoms with E-state index in [1.165, 1.54) is 30.3 Å². The Morgan fingerprint density at radius 1 is 1.12 bits per heavy atom. The number of anilines is 1. The minimum Gasteiger partial charge on any atom is -0.508 e. The lowest BCUT2D eigenvalue weighted by Crippen LogP contribution is -2.48. The van der Waals surface area contributed by atoms with Crippen LogP contribution in [-0.4, -0.2) is 46.4 Å². The summed E-state index contributed by atoms with van der Waals surface area (Å²) in [6, 6.07) is 6.76. The number of carbonyl (C=O) groups excluding carboxylic acids is 3. The molecule has 0 spiro atoms. The monoisotopic (exact) mass is 770 g/mol. The number of urea groups is 1. The van der Waals surface area contributed by atoms with Gasteiger partial charge in [0, 0.05) is 17.7 Å². The number of carboxylic acid groups (broad SMARTS) is 1. The molecule has 1 aliphatic rings. The number of nitrogens with two attached hydrogens (primary N) is 1. The van der Waals surface area contributed by atoms with Crippen molar-refractivity contribution in [2.24, 2.45) is 5.73 Å². The molecule has 1 unspecified atom stereocenters. The molecule has 12 heteroatoms. The molecule has 2 aromatic carbocycles. The number of hydrogen-bond donors (Lipinski definition) is 3. The van der Waals surface area contributed by atoms with Gasteiger partial charge in [-0.05, 0) is 94.1 Å². The highest BCUT2D eigenvalue weighted by Gasteiger charge is 2.39. The number of hydrogen-bond acceptors (Lipinski definition) is 7.